The Bertz CT molecular complexity index is 236. The van der Waals surface area contributed by atoms with Gasteiger partial charge in [0.1, 0.15) is 0 Å². The highest BCUT2D eigenvalue weighted by Gasteiger charge is 2.32. The van der Waals surface area contributed by atoms with Crippen LogP contribution in [-0.4, -0.2) is 31.1 Å². The van der Waals surface area contributed by atoms with E-state index in [2.05, 4.69) is 11.8 Å². The van der Waals surface area contributed by atoms with Crippen LogP contribution in [0.3, 0.4) is 0 Å². The highest BCUT2D eigenvalue weighted by Crippen LogP contribution is 2.36. The molecule has 0 radical (unpaired) electrons. The van der Waals surface area contributed by atoms with Crippen molar-refractivity contribution in [3.63, 3.8) is 0 Å². The Balaban J connectivity index is 1.82. The first-order valence-electron chi connectivity index (χ1n) is 8.70. The summed E-state index contributed by atoms with van der Waals surface area (Å²) in [7, 11) is 0. The van der Waals surface area contributed by atoms with Gasteiger partial charge in [0, 0.05) is 6.54 Å². The molecule has 1 aliphatic carbocycles. The molecule has 19 heavy (non-hydrogen) atoms. The molecule has 0 spiro atoms. The van der Waals surface area contributed by atoms with Crippen LogP contribution in [0.15, 0.2) is 0 Å². The third-order valence-corrected chi connectivity index (χ3v) is 5.56. The SMILES string of the molecule is CCCC1CCN(CC2(CN)CCCCCC2)CC1. The molecule has 0 bridgehead atoms. The van der Waals surface area contributed by atoms with Crippen molar-refractivity contribution in [1.82, 2.24) is 4.90 Å². The van der Waals surface area contributed by atoms with E-state index in [0.29, 0.717) is 5.41 Å². The number of piperidine rings is 1. The van der Waals surface area contributed by atoms with Crippen LogP contribution in [-0.2, 0) is 0 Å². The molecule has 2 nitrogen and oxygen atoms in total. The summed E-state index contributed by atoms with van der Waals surface area (Å²) in [6.07, 6.45) is 14.1. The van der Waals surface area contributed by atoms with Crippen LogP contribution < -0.4 is 5.73 Å². The van der Waals surface area contributed by atoms with Crippen molar-refractivity contribution in [3.05, 3.63) is 0 Å². The molecule has 2 fully saturated rings. The highest BCUT2D eigenvalue weighted by atomic mass is 15.1. The van der Waals surface area contributed by atoms with E-state index in [4.69, 9.17) is 5.73 Å². The lowest BCUT2D eigenvalue weighted by Gasteiger charge is -2.40. The molecular weight excluding hydrogens is 232 g/mol. The minimum Gasteiger partial charge on any atom is -0.330 e. The molecule has 0 unspecified atom stereocenters. The van der Waals surface area contributed by atoms with Crippen molar-refractivity contribution in [2.24, 2.45) is 17.1 Å². The van der Waals surface area contributed by atoms with Gasteiger partial charge in [0.25, 0.3) is 0 Å². The summed E-state index contributed by atoms with van der Waals surface area (Å²) >= 11 is 0. The summed E-state index contributed by atoms with van der Waals surface area (Å²) in [6, 6.07) is 0. The molecule has 0 aromatic heterocycles. The summed E-state index contributed by atoms with van der Waals surface area (Å²) in [5.74, 6) is 1.00. The molecule has 1 heterocycles. The van der Waals surface area contributed by atoms with Gasteiger partial charge in [-0.05, 0) is 56.7 Å². The van der Waals surface area contributed by atoms with Crippen LogP contribution in [0.25, 0.3) is 0 Å². The number of likely N-dealkylation sites (tertiary alicyclic amines) is 1. The zero-order chi connectivity index (χ0) is 13.6. The predicted octanol–water partition coefficient (Wildman–Crippen LogP) is 3.80. The van der Waals surface area contributed by atoms with Crippen LogP contribution >= 0.6 is 0 Å². The van der Waals surface area contributed by atoms with Gasteiger partial charge in [-0.15, -0.1) is 0 Å². The first-order chi connectivity index (χ1) is 9.28. The van der Waals surface area contributed by atoms with Crippen LogP contribution in [0.5, 0.6) is 0 Å². The van der Waals surface area contributed by atoms with Crippen molar-refractivity contribution in [3.8, 4) is 0 Å². The van der Waals surface area contributed by atoms with E-state index in [-0.39, 0.29) is 0 Å². The molecule has 0 aromatic rings. The summed E-state index contributed by atoms with van der Waals surface area (Å²) in [4.78, 5) is 2.73. The molecule has 1 saturated carbocycles. The summed E-state index contributed by atoms with van der Waals surface area (Å²) < 4.78 is 0. The number of nitrogens with two attached hydrogens (primary N) is 1. The van der Waals surface area contributed by atoms with Crippen molar-refractivity contribution in [1.29, 1.82) is 0 Å². The maximum absolute atomic E-state index is 6.17. The number of hydrogen-bond donors (Lipinski definition) is 1. The first-order valence-corrected chi connectivity index (χ1v) is 8.70. The van der Waals surface area contributed by atoms with Gasteiger partial charge in [-0.3, -0.25) is 0 Å². The van der Waals surface area contributed by atoms with Gasteiger partial charge in [-0.25, -0.2) is 0 Å². The van der Waals surface area contributed by atoms with Gasteiger partial charge in [0.15, 0.2) is 0 Å². The van der Waals surface area contributed by atoms with E-state index in [0.717, 1.165) is 12.5 Å². The van der Waals surface area contributed by atoms with Gasteiger partial charge in [0.2, 0.25) is 0 Å². The quantitative estimate of drug-likeness (QED) is 0.767. The van der Waals surface area contributed by atoms with E-state index in [1.807, 2.05) is 0 Å². The Morgan fingerprint density at radius 3 is 2.21 bits per heavy atom. The Kier molecular flexibility index (Phi) is 6.15. The lowest BCUT2D eigenvalue weighted by molar-refractivity contribution is 0.0992. The average molecular weight is 266 g/mol. The maximum Gasteiger partial charge on any atom is 0.00501 e. The van der Waals surface area contributed by atoms with E-state index in [9.17, 15) is 0 Å². The number of hydrogen-bond acceptors (Lipinski definition) is 2. The zero-order valence-corrected chi connectivity index (χ0v) is 13.0. The lowest BCUT2D eigenvalue weighted by Crippen LogP contribution is -2.45. The topological polar surface area (TPSA) is 29.3 Å². The molecule has 2 N–H and O–H groups in total. The molecule has 0 aromatic carbocycles. The fourth-order valence-electron chi connectivity index (χ4n) is 4.22. The number of rotatable bonds is 5. The van der Waals surface area contributed by atoms with Gasteiger partial charge in [-0.1, -0.05) is 45.4 Å². The smallest absolute Gasteiger partial charge is 0.00501 e. The van der Waals surface area contributed by atoms with Gasteiger partial charge in [0.05, 0.1) is 0 Å². The molecular formula is C17H34N2. The van der Waals surface area contributed by atoms with Crippen molar-refractivity contribution < 1.29 is 0 Å². The van der Waals surface area contributed by atoms with Crippen LogP contribution in [0, 0.1) is 11.3 Å². The molecule has 0 amide bonds. The Morgan fingerprint density at radius 2 is 1.68 bits per heavy atom. The minimum atomic E-state index is 0.452. The second kappa shape index (κ2) is 7.64. The van der Waals surface area contributed by atoms with Crippen molar-refractivity contribution in [2.45, 2.75) is 71.1 Å². The standard InChI is InChI=1S/C17H34N2/c1-2-7-16-8-12-19(13-9-16)15-17(14-18)10-5-3-4-6-11-17/h16H,2-15,18H2,1H3. The fraction of sp³-hybridized carbons (Fsp3) is 1.00. The molecule has 2 heteroatoms. The molecule has 112 valence electrons. The lowest BCUT2D eigenvalue weighted by atomic mass is 9.79. The number of nitrogens with zero attached hydrogens (tertiary/aromatic N) is 1. The molecule has 0 atom stereocenters. The predicted molar refractivity (Wildman–Crippen MR) is 83.3 cm³/mol. The maximum atomic E-state index is 6.17. The Morgan fingerprint density at radius 1 is 1.05 bits per heavy atom. The van der Waals surface area contributed by atoms with Crippen LogP contribution in [0.2, 0.25) is 0 Å². The van der Waals surface area contributed by atoms with Crippen molar-refractivity contribution in [2.75, 3.05) is 26.2 Å². The van der Waals surface area contributed by atoms with E-state index < -0.39 is 0 Å². The van der Waals surface area contributed by atoms with Crippen LogP contribution in [0.4, 0.5) is 0 Å². The third kappa shape index (κ3) is 4.46. The van der Waals surface area contributed by atoms with E-state index in [1.54, 1.807) is 0 Å². The van der Waals surface area contributed by atoms with E-state index >= 15 is 0 Å². The highest BCUT2D eigenvalue weighted by molar-refractivity contribution is 4.87. The van der Waals surface area contributed by atoms with Gasteiger partial charge in [-0.2, -0.15) is 0 Å². The minimum absolute atomic E-state index is 0.452. The normalized spacial score (nSPS) is 26.2. The second-order valence-corrected chi connectivity index (χ2v) is 7.13. The van der Waals surface area contributed by atoms with Gasteiger partial charge >= 0.3 is 0 Å². The molecule has 1 saturated heterocycles. The molecule has 2 aliphatic rings. The van der Waals surface area contributed by atoms with Crippen molar-refractivity contribution >= 4 is 0 Å². The summed E-state index contributed by atoms with van der Waals surface area (Å²) in [5.41, 5.74) is 6.63. The first kappa shape index (κ1) is 15.3. The van der Waals surface area contributed by atoms with Gasteiger partial charge < -0.3 is 10.6 Å². The fourth-order valence-corrected chi connectivity index (χ4v) is 4.22. The third-order valence-electron chi connectivity index (χ3n) is 5.56. The Hall–Kier alpha value is -0.0800. The molecule has 2 rings (SSSR count). The second-order valence-electron chi connectivity index (χ2n) is 7.13. The van der Waals surface area contributed by atoms with Crippen LogP contribution in [0.1, 0.15) is 71.1 Å². The average Bonchev–Trinajstić information content (AvgIpc) is 2.68. The summed E-state index contributed by atoms with van der Waals surface area (Å²) in [6.45, 7) is 7.16. The Labute approximate surface area is 120 Å². The monoisotopic (exact) mass is 266 g/mol. The summed E-state index contributed by atoms with van der Waals surface area (Å²) in [5, 5.41) is 0. The molecule has 1 aliphatic heterocycles. The van der Waals surface area contributed by atoms with E-state index in [1.165, 1.54) is 83.8 Å². The largest absolute Gasteiger partial charge is 0.330 e. The zero-order valence-electron chi connectivity index (χ0n) is 13.0.